The molecule has 0 bridgehead atoms. The molecule has 0 aliphatic heterocycles. The van der Waals surface area contributed by atoms with Crippen LogP contribution in [0, 0.1) is 6.92 Å². The summed E-state index contributed by atoms with van der Waals surface area (Å²) in [4.78, 5) is 17.2. The second-order valence-corrected chi connectivity index (χ2v) is 5.65. The Bertz CT molecular complexity index is 580. The number of thiophene rings is 1. The van der Waals surface area contributed by atoms with Crippen LogP contribution in [0.3, 0.4) is 0 Å². The second kappa shape index (κ2) is 3.70. The van der Waals surface area contributed by atoms with E-state index in [-0.39, 0.29) is 5.91 Å². The maximum atomic E-state index is 11.1. The topological polar surface area (TPSA) is 60.9 Å². The zero-order valence-electron chi connectivity index (χ0n) is 9.51. The van der Waals surface area contributed by atoms with E-state index in [1.165, 1.54) is 24.2 Å². The van der Waals surface area contributed by atoms with Gasteiger partial charge >= 0.3 is 0 Å². The number of aryl methyl sites for hydroxylation is 1. The highest BCUT2D eigenvalue weighted by atomic mass is 32.1. The number of aromatic nitrogens is 2. The number of primary amides is 1. The molecule has 0 saturated heterocycles. The Labute approximate surface area is 103 Å². The van der Waals surface area contributed by atoms with E-state index < -0.39 is 0 Å². The van der Waals surface area contributed by atoms with Crippen LogP contribution in [0.15, 0.2) is 18.6 Å². The van der Waals surface area contributed by atoms with E-state index >= 15 is 0 Å². The Balaban J connectivity index is 1.98. The Hall–Kier alpha value is -1.62. The molecule has 0 aromatic carbocycles. The van der Waals surface area contributed by atoms with Gasteiger partial charge in [0.05, 0.1) is 22.6 Å². The number of rotatable bonds is 3. The Morgan fingerprint density at radius 1 is 1.59 bits per heavy atom. The minimum absolute atomic E-state index is 0.369. The van der Waals surface area contributed by atoms with Crippen molar-refractivity contribution in [2.75, 3.05) is 0 Å². The van der Waals surface area contributed by atoms with Gasteiger partial charge < -0.3 is 10.3 Å². The summed E-state index contributed by atoms with van der Waals surface area (Å²) in [5.41, 5.74) is 7.44. The van der Waals surface area contributed by atoms with Gasteiger partial charge in [0.15, 0.2) is 0 Å². The lowest BCUT2D eigenvalue weighted by Gasteiger charge is -1.98. The molecule has 17 heavy (non-hydrogen) atoms. The largest absolute Gasteiger partial charge is 0.365 e. The normalized spacial score (nSPS) is 15.1. The number of imidazole rings is 1. The van der Waals surface area contributed by atoms with Crippen LogP contribution < -0.4 is 5.73 Å². The minimum Gasteiger partial charge on any atom is -0.365 e. The van der Waals surface area contributed by atoms with Crippen LogP contribution in [0.2, 0.25) is 0 Å². The number of hydrogen-bond donors (Lipinski definition) is 1. The summed E-state index contributed by atoms with van der Waals surface area (Å²) in [6.07, 6.45) is 6.35. The summed E-state index contributed by atoms with van der Waals surface area (Å²) in [5.74, 6) is 0.276. The third-order valence-electron chi connectivity index (χ3n) is 3.01. The lowest BCUT2D eigenvalue weighted by molar-refractivity contribution is 0.100. The van der Waals surface area contributed by atoms with Crippen molar-refractivity contribution < 1.29 is 4.79 Å². The molecule has 2 aromatic rings. The molecule has 0 spiro atoms. The van der Waals surface area contributed by atoms with E-state index in [0.717, 1.165) is 16.3 Å². The van der Waals surface area contributed by atoms with E-state index in [2.05, 4.69) is 11.2 Å². The zero-order chi connectivity index (χ0) is 12.0. The number of carbonyl (C=O) groups is 1. The molecule has 88 valence electrons. The van der Waals surface area contributed by atoms with Crippen molar-refractivity contribution in [3.8, 4) is 5.69 Å². The molecule has 1 aliphatic carbocycles. The van der Waals surface area contributed by atoms with Crippen molar-refractivity contribution >= 4 is 17.2 Å². The fourth-order valence-electron chi connectivity index (χ4n) is 1.91. The molecule has 2 N–H and O–H groups in total. The lowest BCUT2D eigenvalue weighted by Crippen LogP contribution is -2.08. The first-order valence-electron chi connectivity index (χ1n) is 5.59. The monoisotopic (exact) mass is 247 g/mol. The van der Waals surface area contributed by atoms with Crippen LogP contribution in [0.5, 0.6) is 0 Å². The summed E-state index contributed by atoms with van der Waals surface area (Å²) in [7, 11) is 0. The summed E-state index contributed by atoms with van der Waals surface area (Å²) in [6, 6.07) is 1.83. The van der Waals surface area contributed by atoms with Crippen LogP contribution >= 0.6 is 11.3 Å². The molecule has 4 nitrogen and oxygen atoms in total. The summed E-state index contributed by atoms with van der Waals surface area (Å²) in [5, 5.41) is 0. The van der Waals surface area contributed by atoms with Crippen LogP contribution in [0.4, 0.5) is 0 Å². The maximum Gasteiger partial charge on any atom is 0.258 e. The molecule has 3 rings (SSSR count). The molecule has 1 amide bonds. The van der Waals surface area contributed by atoms with Gasteiger partial charge in [-0.05, 0) is 25.8 Å². The molecule has 0 unspecified atom stereocenters. The van der Waals surface area contributed by atoms with Crippen LogP contribution in [-0.2, 0) is 0 Å². The fourth-order valence-corrected chi connectivity index (χ4v) is 2.78. The van der Waals surface area contributed by atoms with Crippen molar-refractivity contribution in [3.05, 3.63) is 34.0 Å². The van der Waals surface area contributed by atoms with Crippen molar-refractivity contribution in [1.82, 2.24) is 9.55 Å². The predicted molar refractivity (Wildman–Crippen MR) is 66.7 cm³/mol. The lowest BCUT2D eigenvalue weighted by atomic mass is 10.3. The molecular weight excluding hydrogens is 234 g/mol. The quantitative estimate of drug-likeness (QED) is 0.904. The van der Waals surface area contributed by atoms with Crippen LogP contribution in [0.1, 0.15) is 39.0 Å². The molecule has 2 heterocycles. The van der Waals surface area contributed by atoms with E-state index in [1.807, 2.05) is 23.9 Å². The average Bonchev–Trinajstić information content (AvgIpc) is 2.88. The Morgan fingerprint density at radius 3 is 2.94 bits per heavy atom. The van der Waals surface area contributed by atoms with Gasteiger partial charge in [-0.2, -0.15) is 0 Å². The molecule has 1 fully saturated rings. The molecule has 0 radical (unpaired) electrons. The van der Waals surface area contributed by atoms with Crippen LogP contribution in [0.25, 0.3) is 5.69 Å². The van der Waals surface area contributed by atoms with Gasteiger partial charge in [0, 0.05) is 17.0 Å². The molecule has 1 aliphatic rings. The number of amides is 1. The molecule has 0 atom stereocenters. The van der Waals surface area contributed by atoms with Gasteiger partial charge in [0.1, 0.15) is 0 Å². The summed E-state index contributed by atoms with van der Waals surface area (Å²) < 4.78 is 1.98. The van der Waals surface area contributed by atoms with Gasteiger partial charge in [-0.25, -0.2) is 4.98 Å². The van der Waals surface area contributed by atoms with Gasteiger partial charge in [0.2, 0.25) is 0 Å². The van der Waals surface area contributed by atoms with Crippen molar-refractivity contribution in [3.63, 3.8) is 0 Å². The minimum atomic E-state index is -0.369. The van der Waals surface area contributed by atoms with Gasteiger partial charge in [-0.1, -0.05) is 0 Å². The third kappa shape index (κ3) is 1.86. The average molecular weight is 247 g/mol. The first-order chi connectivity index (χ1) is 8.15. The van der Waals surface area contributed by atoms with E-state index in [1.54, 1.807) is 0 Å². The number of carbonyl (C=O) groups excluding carboxylic acids is 1. The number of hydrogen-bond acceptors (Lipinski definition) is 3. The molecular formula is C12H13N3OS. The zero-order valence-corrected chi connectivity index (χ0v) is 10.3. The van der Waals surface area contributed by atoms with E-state index in [4.69, 9.17) is 5.73 Å². The molecule has 5 heteroatoms. The highest BCUT2D eigenvalue weighted by Gasteiger charge is 2.26. The summed E-state index contributed by atoms with van der Waals surface area (Å²) >= 11 is 1.43. The number of nitrogens with zero attached hydrogens (tertiary/aromatic N) is 2. The second-order valence-electron chi connectivity index (χ2n) is 4.40. The number of nitrogens with two attached hydrogens (primary N) is 1. The van der Waals surface area contributed by atoms with Crippen LogP contribution in [-0.4, -0.2) is 15.5 Å². The highest BCUT2D eigenvalue weighted by Crippen LogP contribution is 2.39. The Kier molecular flexibility index (Phi) is 2.29. The van der Waals surface area contributed by atoms with Gasteiger partial charge in [-0.3, -0.25) is 4.79 Å². The predicted octanol–water partition coefficient (Wildman–Crippen LogP) is 2.22. The highest BCUT2D eigenvalue weighted by molar-refractivity contribution is 7.14. The molecule has 1 saturated carbocycles. The van der Waals surface area contributed by atoms with Crippen molar-refractivity contribution in [2.24, 2.45) is 5.73 Å². The molecule has 2 aromatic heterocycles. The first kappa shape index (κ1) is 10.5. The SMILES string of the molecule is Cc1sc(C(N)=O)cc1-n1cnc(C2CC2)c1. The Morgan fingerprint density at radius 2 is 2.35 bits per heavy atom. The fraction of sp³-hybridized carbons (Fsp3) is 0.333. The van der Waals surface area contributed by atoms with Crippen molar-refractivity contribution in [2.45, 2.75) is 25.7 Å². The summed E-state index contributed by atoms with van der Waals surface area (Å²) in [6.45, 7) is 1.99. The smallest absolute Gasteiger partial charge is 0.258 e. The van der Waals surface area contributed by atoms with Gasteiger partial charge in [0.25, 0.3) is 5.91 Å². The standard InChI is InChI=1S/C12H13N3OS/c1-7-10(4-11(17-7)12(13)16)15-5-9(14-6-15)8-2-3-8/h4-6,8H,2-3H2,1H3,(H2,13,16). The van der Waals surface area contributed by atoms with E-state index in [0.29, 0.717) is 10.8 Å². The third-order valence-corrected chi connectivity index (χ3v) is 4.07. The van der Waals surface area contributed by atoms with Gasteiger partial charge in [-0.15, -0.1) is 11.3 Å². The first-order valence-corrected chi connectivity index (χ1v) is 6.41. The maximum absolute atomic E-state index is 11.1. The van der Waals surface area contributed by atoms with Crippen molar-refractivity contribution in [1.29, 1.82) is 0 Å². The van der Waals surface area contributed by atoms with E-state index in [9.17, 15) is 4.79 Å².